The van der Waals surface area contributed by atoms with Crippen LogP contribution in [0.15, 0.2) is 47.5 Å². The first-order valence-electron chi connectivity index (χ1n) is 6.12. The van der Waals surface area contributed by atoms with Gasteiger partial charge >= 0.3 is 11.2 Å². The molecule has 0 bridgehead atoms. The molecule has 0 aliphatic heterocycles. The molecule has 22 heavy (non-hydrogen) atoms. The lowest BCUT2D eigenvalue weighted by atomic mass is 10.1. The summed E-state index contributed by atoms with van der Waals surface area (Å²) in [5.74, 6) is -0.679. The molecule has 0 saturated heterocycles. The van der Waals surface area contributed by atoms with Crippen molar-refractivity contribution in [3.63, 3.8) is 0 Å². The van der Waals surface area contributed by atoms with Gasteiger partial charge in [0.25, 0.3) is 0 Å². The Morgan fingerprint density at radius 3 is 2.73 bits per heavy atom. The Hall–Kier alpha value is -2.93. The molecule has 1 N–H and O–H groups in total. The fourth-order valence-electron chi connectivity index (χ4n) is 2.24. The number of nitrogens with zero attached hydrogens (tertiary/aromatic N) is 3. The summed E-state index contributed by atoms with van der Waals surface area (Å²) in [4.78, 5) is 26.6. The number of pyridine rings is 2. The maximum absolute atomic E-state index is 12.4. The fourth-order valence-corrected chi connectivity index (χ4v) is 2.41. The van der Waals surface area contributed by atoms with Gasteiger partial charge in [0.05, 0.1) is 22.3 Å². The molecule has 0 radical (unpaired) electrons. The second kappa shape index (κ2) is 5.12. The Labute approximate surface area is 128 Å². The first kappa shape index (κ1) is 14.0. The third-order valence-electron chi connectivity index (χ3n) is 3.17. The standard InChI is InChI=1S/C14H8ClN3O4/c15-8-3-4-10-11(6-8)17(9-2-1-5-16-7-9)14(20)12(13(10)19)18(21)22/h1-7,19H. The van der Waals surface area contributed by atoms with E-state index in [0.717, 1.165) is 4.57 Å². The molecule has 0 saturated carbocycles. The van der Waals surface area contributed by atoms with Crippen LogP contribution in [0.4, 0.5) is 5.69 Å². The molecule has 0 atom stereocenters. The number of nitro groups is 1. The van der Waals surface area contributed by atoms with Gasteiger partial charge in [-0.25, -0.2) is 0 Å². The van der Waals surface area contributed by atoms with E-state index in [1.54, 1.807) is 12.1 Å². The molecular formula is C14H8ClN3O4. The molecule has 0 amide bonds. The zero-order valence-electron chi connectivity index (χ0n) is 10.9. The van der Waals surface area contributed by atoms with E-state index in [2.05, 4.69) is 4.98 Å². The molecule has 0 unspecified atom stereocenters. The van der Waals surface area contributed by atoms with Crippen molar-refractivity contribution >= 4 is 28.2 Å². The third-order valence-corrected chi connectivity index (χ3v) is 3.41. The molecule has 2 aromatic heterocycles. The lowest BCUT2D eigenvalue weighted by Crippen LogP contribution is -2.22. The van der Waals surface area contributed by atoms with Crippen molar-refractivity contribution in [2.24, 2.45) is 0 Å². The Morgan fingerprint density at radius 2 is 2.09 bits per heavy atom. The van der Waals surface area contributed by atoms with E-state index in [-0.39, 0.29) is 10.9 Å². The normalized spacial score (nSPS) is 10.8. The van der Waals surface area contributed by atoms with Crippen molar-refractivity contribution in [2.75, 3.05) is 0 Å². The quantitative estimate of drug-likeness (QED) is 0.578. The zero-order valence-corrected chi connectivity index (χ0v) is 11.7. The van der Waals surface area contributed by atoms with Gasteiger partial charge in [-0.2, -0.15) is 0 Å². The van der Waals surface area contributed by atoms with Crippen molar-refractivity contribution in [1.82, 2.24) is 9.55 Å². The summed E-state index contributed by atoms with van der Waals surface area (Å²) in [5.41, 5.74) is -1.25. The second-order valence-electron chi connectivity index (χ2n) is 4.47. The van der Waals surface area contributed by atoms with Crippen LogP contribution in [-0.4, -0.2) is 19.6 Å². The van der Waals surface area contributed by atoms with Crippen LogP contribution in [0.25, 0.3) is 16.6 Å². The van der Waals surface area contributed by atoms with E-state index in [1.165, 1.54) is 30.6 Å². The highest BCUT2D eigenvalue weighted by Gasteiger charge is 2.26. The summed E-state index contributed by atoms with van der Waals surface area (Å²) < 4.78 is 1.10. The van der Waals surface area contributed by atoms with Gasteiger partial charge in [0.1, 0.15) is 0 Å². The molecule has 110 valence electrons. The first-order valence-corrected chi connectivity index (χ1v) is 6.50. The molecule has 1 aromatic carbocycles. The number of aromatic hydroxyl groups is 1. The van der Waals surface area contributed by atoms with Gasteiger partial charge in [0, 0.05) is 16.6 Å². The van der Waals surface area contributed by atoms with Crippen molar-refractivity contribution < 1.29 is 10.0 Å². The number of hydrogen-bond acceptors (Lipinski definition) is 5. The summed E-state index contributed by atoms with van der Waals surface area (Å²) >= 11 is 5.94. The second-order valence-corrected chi connectivity index (χ2v) is 4.90. The molecule has 8 heteroatoms. The molecule has 0 fully saturated rings. The van der Waals surface area contributed by atoms with Crippen molar-refractivity contribution in [1.29, 1.82) is 0 Å². The molecule has 3 rings (SSSR count). The average Bonchev–Trinajstić information content (AvgIpc) is 2.47. The summed E-state index contributed by atoms with van der Waals surface area (Å²) in [6.07, 6.45) is 2.90. The maximum atomic E-state index is 12.4. The van der Waals surface area contributed by atoms with Gasteiger partial charge in [-0.1, -0.05) is 11.6 Å². The van der Waals surface area contributed by atoms with Gasteiger partial charge in [-0.05, 0) is 30.3 Å². The fraction of sp³-hybridized carbons (Fsp3) is 0. The van der Waals surface area contributed by atoms with E-state index in [1.807, 2.05) is 0 Å². The van der Waals surface area contributed by atoms with E-state index in [4.69, 9.17) is 11.6 Å². The van der Waals surface area contributed by atoms with Crippen LogP contribution in [-0.2, 0) is 0 Å². The first-order chi connectivity index (χ1) is 10.5. The number of benzene rings is 1. The van der Waals surface area contributed by atoms with Crippen molar-refractivity contribution in [3.8, 4) is 11.4 Å². The Balaban J connectivity index is 2.56. The van der Waals surface area contributed by atoms with Gasteiger partial charge in [-0.3, -0.25) is 24.5 Å². The minimum Gasteiger partial charge on any atom is -0.501 e. The predicted octanol–water partition coefficient (Wildman–Crippen LogP) is 2.65. The van der Waals surface area contributed by atoms with E-state index in [9.17, 15) is 20.0 Å². The number of aromatic nitrogens is 2. The Bertz CT molecular complexity index is 954. The summed E-state index contributed by atoms with van der Waals surface area (Å²) in [6, 6.07) is 7.53. The lowest BCUT2D eigenvalue weighted by Gasteiger charge is -2.11. The molecule has 7 nitrogen and oxygen atoms in total. The SMILES string of the molecule is O=c1c([N+](=O)[O-])c(O)c2ccc(Cl)cc2n1-c1cccnc1. The van der Waals surface area contributed by atoms with Crippen LogP contribution >= 0.6 is 11.6 Å². The molecular weight excluding hydrogens is 310 g/mol. The number of hydrogen-bond donors (Lipinski definition) is 1. The van der Waals surface area contributed by atoms with Gasteiger partial charge in [0.2, 0.25) is 5.75 Å². The predicted molar refractivity (Wildman–Crippen MR) is 80.7 cm³/mol. The Morgan fingerprint density at radius 1 is 1.32 bits per heavy atom. The lowest BCUT2D eigenvalue weighted by molar-refractivity contribution is -0.387. The Kier molecular flexibility index (Phi) is 3.26. The van der Waals surface area contributed by atoms with Gasteiger partial charge in [0.15, 0.2) is 0 Å². The summed E-state index contributed by atoms with van der Waals surface area (Å²) in [5, 5.41) is 21.7. The summed E-state index contributed by atoms with van der Waals surface area (Å²) in [7, 11) is 0. The highest BCUT2D eigenvalue weighted by molar-refractivity contribution is 6.31. The largest absolute Gasteiger partial charge is 0.501 e. The van der Waals surface area contributed by atoms with Crippen LogP contribution in [0.5, 0.6) is 5.75 Å². The molecule has 0 spiro atoms. The average molecular weight is 318 g/mol. The van der Waals surface area contributed by atoms with Crippen molar-refractivity contribution in [3.05, 3.63) is 68.2 Å². The minimum atomic E-state index is -0.953. The van der Waals surface area contributed by atoms with Crippen LogP contribution in [0.2, 0.25) is 5.02 Å². The summed E-state index contributed by atoms with van der Waals surface area (Å²) in [6.45, 7) is 0. The van der Waals surface area contributed by atoms with Crippen molar-refractivity contribution in [2.45, 2.75) is 0 Å². The van der Waals surface area contributed by atoms with Crippen LogP contribution in [0.1, 0.15) is 0 Å². The number of rotatable bonds is 2. The van der Waals surface area contributed by atoms with Crippen LogP contribution in [0.3, 0.4) is 0 Å². The third kappa shape index (κ3) is 2.08. The van der Waals surface area contributed by atoms with E-state index < -0.39 is 21.9 Å². The van der Waals surface area contributed by atoms with E-state index in [0.29, 0.717) is 10.7 Å². The van der Waals surface area contributed by atoms with Gasteiger partial charge < -0.3 is 5.11 Å². The number of halogens is 1. The van der Waals surface area contributed by atoms with Gasteiger partial charge in [-0.15, -0.1) is 0 Å². The molecule has 2 heterocycles. The zero-order chi connectivity index (χ0) is 15.9. The highest BCUT2D eigenvalue weighted by atomic mass is 35.5. The van der Waals surface area contributed by atoms with Crippen LogP contribution < -0.4 is 5.56 Å². The monoisotopic (exact) mass is 317 g/mol. The molecule has 0 aliphatic carbocycles. The minimum absolute atomic E-state index is 0.152. The topological polar surface area (TPSA) is 98.3 Å². The highest BCUT2D eigenvalue weighted by Crippen LogP contribution is 2.33. The molecule has 0 aliphatic rings. The molecule has 3 aromatic rings. The maximum Gasteiger partial charge on any atom is 0.376 e. The van der Waals surface area contributed by atoms with Crippen LogP contribution in [0, 0.1) is 10.1 Å². The number of fused-ring (bicyclic) bond motifs is 1. The smallest absolute Gasteiger partial charge is 0.376 e. The van der Waals surface area contributed by atoms with E-state index >= 15 is 0 Å².